The van der Waals surface area contributed by atoms with Crippen LogP contribution in [0.2, 0.25) is 5.02 Å². The molecule has 4 rings (SSSR count). The Morgan fingerprint density at radius 2 is 1.89 bits per heavy atom. The van der Waals surface area contributed by atoms with E-state index in [1.165, 1.54) is 6.26 Å². The minimum atomic E-state index is -1.04. The van der Waals surface area contributed by atoms with E-state index < -0.39 is 30.1 Å². The van der Waals surface area contributed by atoms with Crippen molar-refractivity contribution in [2.24, 2.45) is 5.92 Å². The Morgan fingerprint density at radius 3 is 2.56 bits per heavy atom. The maximum atomic E-state index is 12.5. The molecule has 1 fully saturated rings. The Labute approximate surface area is 212 Å². The molecule has 1 aliphatic rings. The first-order valence-corrected chi connectivity index (χ1v) is 12.0. The molecule has 0 aliphatic heterocycles. The number of aliphatic carboxylic acids is 1. The highest BCUT2D eigenvalue weighted by Crippen LogP contribution is 2.33. The number of aromatic nitrogens is 1. The standard InChI is InChI=1S/C26H26ClN3O6/c1-15(20-4-2-3-5-21(20)27)36-26(34)28-13-19-14-35-30-23(19)17-8-10-18(11-9-17)24(31)29-22(25(32)33)12-16-6-7-16/h2-5,8-11,14-16,22H,6-7,12-13H2,1H3,(H,28,34)(H,29,31)(H,32,33). The van der Waals surface area contributed by atoms with Gasteiger partial charge in [-0.3, -0.25) is 4.79 Å². The number of rotatable bonds is 10. The Hall–Kier alpha value is -3.85. The maximum absolute atomic E-state index is 12.5. The highest BCUT2D eigenvalue weighted by molar-refractivity contribution is 6.31. The number of benzene rings is 2. The lowest BCUT2D eigenvalue weighted by molar-refractivity contribution is -0.139. The van der Waals surface area contributed by atoms with E-state index in [1.807, 2.05) is 6.07 Å². The van der Waals surface area contributed by atoms with Gasteiger partial charge in [0.1, 0.15) is 24.1 Å². The van der Waals surface area contributed by atoms with Crippen LogP contribution in [-0.2, 0) is 16.1 Å². The second kappa shape index (κ2) is 11.3. The SMILES string of the molecule is CC(OC(=O)NCc1conc1-c1ccc(C(=O)NC(CC2CC2)C(=O)O)cc1)c1ccccc1Cl. The van der Waals surface area contributed by atoms with Crippen LogP contribution >= 0.6 is 11.6 Å². The molecule has 3 N–H and O–H groups in total. The second-order valence-corrected chi connectivity index (χ2v) is 9.14. The number of carboxylic acids is 1. The third kappa shape index (κ3) is 6.42. The van der Waals surface area contributed by atoms with E-state index in [9.17, 15) is 19.5 Å². The van der Waals surface area contributed by atoms with Crippen molar-refractivity contribution in [3.8, 4) is 11.3 Å². The normalized spacial score (nSPS) is 14.5. The Morgan fingerprint density at radius 1 is 1.17 bits per heavy atom. The molecular formula is C26H26ClN3O6. The lowest BCUT2D eigenvalue weighted by Crippen LogP contribution is -2.41. The molecule has 188 valence electrons. The highest BCUT2D eigenvalue weighted by Gasteiger charge is 2.30. The van der Waals surface area contributed by atoms with E-state index in [1.54, 1.807) is 49.4 Å². The molecule has 1 heterocycles. The first-order valence-electron chi connectivity index (χ1n) is 11.6. The van der Waals surface area contributed by atoms with Crippen molar-refractivity contribution < 1.29 is 28.8 Å². The topological polar surface area (TPSA) is 131 Å². The molecule has 2 unspecified atom stereocenters. The minimum absolute atomic E-state index is 0.108. The van der Waals surface area contributed by atoms with Gasteiger partial charge in [-0.25, -0.2) is 9.59 Å². The largest absolute Gasteiger partial charge is 0.480 e. The number of carbonyl (C=O) groups is 3. The summed E-state index contributed by atoms with van der Waals surface area (Å²) in [6, 6.07) is 12.8. The molecule has 9 nitrogen and oxygen atoms in total. The van der Waals surface area contributed by atoms with E-state index in [-0.39, 0.29) is 6.54 Å². The van der Waals surface area contributed by atoms with Gasteiger partial charge in [0, 0.05) is 27.3 Å². The van der Waals surface area contributed by atoms with Crippen molar-refractivity contribution in [1.82, 2.24) is 15.8 Å². The number of nitrogens with zero attached hydrogens (tertiary/aromatic N) is 1. The molecule has 3 aromatic rings. The van der Waals surface area contributed by atoms with E-state index in [2.05, 4.69) is 15.8 Å². The predicted octanol–water partition coefficient (Wildman–Crippen LogP) is 4.97. The minimum Gasteiger partial charge on any atom is -0.480 e. The Bertz CT molecular complexity index is 1240. The first kappa shape index (κ1) is 25.2. The molecule has 1 aliphatic carbocycles. The van der Waals surface area contributed by atoms with Crippen molar-refractivity contribution in [2.75, 3.05) is 0 Å². The van der Waals surface area contributed by atoms with Gasteiger partial charge in [-0.15, -0.1) is 0 Å². The maximum Gasteiger partial charge on any atom is 0.408 e. The second-order valence-electron chi connectivity index (χ2n) is 8.73. The summed E-state index contributed by atoms with van der Waals surface area (Å²) in [4.78, 5) is 36.3. The third-order valence-corrected chi connectivity index (χ3v) is 6.33. The number of carboxylic acid groups (broad SMARTS) is 1. The zero-order valence-corrected chi connectivity index (χ0v) is 20.3. The van der Waals surface area contributed by atoms with Crippen LogP contribution in [0.3, 0.4) is 0 Å². The fourth-order valence-electron chi connectivity index (χ4n) is 3.79. The van der Waals surface area contributed by atoms with Gasteiger partial charge >= 0.3 is 12.1 Å². The van der Waals surface area contributed by atoms with E-state index in [4.69, 9.17) is 20.9 Å². The quantitative estimate of drug-likeness (QED) is 0.350. The van der Waals surface area contributed by atoms with Gasteiger partial charge in [-0.2, -0.15) is 0 Å². The molecule has 2 aromatic carbocycles. The molecule has 10 heteroatoms. The van der Waals surface area contributed by atoms with Crippen molar-refractivity contribution >= 4 is 29.6 Å². The van der Waals surface area contributed by atoms with E-state index in [0.29, 0.717) is 45.3 Å². The first-order chi connectivity index (χ1) is 17.3. The number of amides is 2. The molecule has 2 amide bonds. The van der Waals surface area contributed by atoms with Gasteiger partial charge in [-0.05, 0) is 37.5 Å². The summed E-state index contributed by atoms with van der Waals surface area (Å²) in [7, 11) is 0. The predicted molar refractivity (Wildman–Crippen MR) is 131 cm³/mol. The summed E-state index contributed by atoms with van der Waals surface area (Å²) < 4.78 is 10.5. The molecule has 0 saturated heterocycles. The third-order valence-electron chi connectivity index (χ3n) is 5.98. The van der Waals surface area contributed by atoms with Crippen LogP contribution in [0.5, 0.6) is 0 Å². The van der Waals surface area contributed by atoms with Crippen LogP contribution in [0.4, 0.5) is 4.79 Å². The lowest BCUT2D eigenvalue weighted by atomic mass is 10.0. The van der Waals surface area contributed by atoms with E-state index >= 15 is 0 Å². The van der Waals surface area contributed by atoms with Gasteiger partial charge in [0.15, 0.2) is 0 Å². The van der Waals surface area contributed by atoms with Gasteiger partial charge in [0.2, 0.25) is 0 Å². The number of ether oxygens (including phenoxy) is 1. The van der Waals surface area contributed by atoms with Crippen LogP contribution in [-0.4, -0.2) is 34.3 Å². The molecule has 0 spiro atoms. The van der Waals surface area contributed by atoms with Gasteiger partial charge < -0.3 is 25.0 Å². The fraction of sp³-hybridized carbons (Fsp3) is 0.308. The Kier molecular flexibility index (Phi) is 7.90. The van der Waals surface area contributed by atoms with Crippen LogP contribution < -0.4 is 10.6 Å². The zero-order valence-electron chi connectivity index (χ0n) is 19.6. The smallest absolute Gasteiger partial charge is 0.408 e. The molecular weight excluding hydrogens is 486 g/mol. The fourth-order valence-corrected chi connectivity index (χ4v) is 4.08. The average molecular weight is 512 g/mol. The summed E-state index contributed by atoms with van der Waals surface area (Å²) in [5.41, 5.74) is 2.82. The van der Waals surface area contributed by atoms with Crippen LogP contribution in [0.15, 0.2) is 59.3 Å². The number of halogens is 1. The van der Waals surface area contributed by atoms with Crippen LogP contribution in [0.1, 0.15) is 53.8 Å². The van der Waals surface area contributed by atoms with Gasteiger partial charge in [0.05, 0.1) is 6.54 Å². The zero-order chi connectivity index (χ0) is 25.7. The molecule has 2 atom stereocenters. The van der Waals surface area contributed by atoms with Crippen LogP contribution in [0.25, 0.3) is 11.3 Å². The van der Waals surface area contributed by atoms with Gasteiger partial charge in [0.25, 0.3) is 5.91 Å². The molecule has 0 radical (unpaired) electrons. The number of nitrogens with one attached hydrogen (secondary N) is 2. The lowest BCUT2D eigenvalue weighted by Gasteiger charge is -2.15. The van der Waals surface area contributed by atoms with Crippen molar-refractivity contribution in [3.63, 3.8) is 0 Å². The molecule has 36 heavy (non-hydrogen) atoms. The van der Waals surface area contributed by atoms with Crippen molar-refractivity contribution in [2.45, 2.75) is 44.9 Å². The van der Waals surface area contributed by atoms with Crippen molar-refractivity contribution in [3.05, 3.63) is 76.5 Å². The summed E-state index contributed by atoms with van der Waals surface area (Å²) in [6.07, 6.45) is 2.70. The molecule has 1 aromatic heterocycles. The Balaban J connectivity index is 1.34. The molecule has 0 bridgehead atoms. The number of hydrogen-bond donors (Lipinski definition) is 3. The van der Waals surface area contributed by atoms with Crippen LogP contribution in [0, 0.1) is 5.92 Å². The summed E-state index contributed by atoms with van der Waals surface area (Å²) in [5, 5.41) is 19.2. The molecule has 1 saturated carbocycles. The number of hydrogen-bond acceptors (Lipinski definition) is 6. The highest BCUT2D eigenvalue weighted by atomic mass is 35.5. The van der Waals surface area contributed by atoms with Crippen molar-refractivity contribution in [1.29, 1.82) is 0 Å². The number of alkyl carbamates (subject to hydrolysis) is 1. The number of carbonyl (C=O) groups excluding carboxylic acids is 2. The monoisotopic (exact) mass is 511 g/mol. The van der Waals surface area contributed by atoms with Gasteiger partial charge in [-0.1, -0.05) is 59.9 Å². The summed E-state index contributed by atoms with van der Waals surface area (Å²) >= 11 is 6.16. The summed E-state index contributed by atoms with van der Waals surface area (Å²) in [6.45, 7) is 1.84. The average Bonchev–Trinajstić information content (AvgIpc) is 3.56. The van der Waals surface area contributed by atoms with E-state index in [0.717, 1.165) is 12.8 Å². The summed E-state index contributed by atoms with van der Waals surface area (Å²) in [5.74, 6) is -1.12.